The smallest absolute Gasteiger partial charge is 0.343 e. The fourth-order valence-corrected chi connectivity index (χ4v) is 9.34. The van der Waals surface area contributed by atoms with Gasteiger partial charge in [0, 0.05) is 23.3 Å². The van der Waals surface area contributed by atoms with Crippen LogP contribution in [0.25, 0.3) is 11.1 Å². The van der Waals surface area contributed by atoms with Crippen molar-refractivity contribution in [2.45, 2.75) is 74.0 Å². The van der Waals surface area contributed by atoms with Crippen LogP contribution in [0.4, 0.5) is 22.7 Å². The first-order valence-electron chi connectivity index (χ1n) is 25.2. The standard InChI is InChI=1S/C58H54N4O18S2/c1-3-53(63)77-31-11-7-5-9-13-37-15-19-39(20-16-37)57(69)79-49-29-25-41(33-47(49)55(65)66)59-61-43-23-27-45(51(35-43)81(71,72)73)46-28-24-44(36-52(46)82(74,75)76)62-60-42-26-30-50(48(34-42)56(67)68)80-58(70)40-21-17-38(18-22-40)14-10-6-8-12-32-78-54(64)4-2/h3-4,15-30,33-36H,1-2,5-14,31-32H2,(H,65,66)(H,67,68)(H,71,72,73)(H,74,75,76). The van der Waals surface area contributed by atoms with E-state index < -0.39 is 88.1 Å². The van der Waals surface area contributed by atoms with Gasteiger partial charge in [-0.05, 0) is 135 Å². The van der Waals surface area contributed by atoms with Crippen LogP contribution in [0.2, 0.25) is 0 Å². The van der Waals surface area contributed by atoms with Crippen molar-refractivity contribution < 1.29 is 83.9 Å². The van der Waals surface area contributed by atoms with Crippen molar-refractivity contribution in [3.8, 4) is 22.6 Å². The lowest BCUT2D eigenvalue weighted by Gasteiger charge is -2.12. The second-order valence-electron chi connectivity index (χ2n) is 17.9. The van der Waals surface area contributed by atoms with Gasteiger partial charge in [-0.2, -0.15) is 37.3 Å². The Bertz CT molecular complexity index is 3430. The number of esters is 4. The van der Waals surface area contributed by atoms with Crippen LogP contribution in [0.3, 0.4) is 0 Å². The number of rotatable bonds is 29. The molecule has 0 amide bonds. The number of hydrogen-bond donors (Lipinski definition) is 4. The molecule has 22 nitrogen and oxygen atoms in total. The number of ether oxygens (including phenoxy) is 4. The normalized spacial score (nSPS) is 11.5. The van der Waals surface area contributed by atoms with Crippen molar-refractivity contribution in [2.75, 3.05) is 13.2 Å². The molecule has 0 aliphatic heterocycles. The summed E-state index contributed by atoms with van der Waals surface area (Å²) < 4.78 is 92.4. The van der Waals surface area contributed by atoms with Gasteiger partial charge in [-0.25, -0.2) is 28.8 Å². The van der Waals surface area contributed by atoms with Gasteiger partial charge >= 0.3 is 35.8 Å². The van der Waals surface area contributed by atoms with Crippen molar-refractivity contribution in [3.05, 3.63) is 180 Å². The Morgan fingerprint density at radius 1 is 0.439 bits per heavy atom. The zero-order valence-corrected chi connectivity index (χ0v) is 45.3. The summed E-state index contributed by atoms with van der Waals surface area (Å²) in [6, 6.07) is 26.3. The molecule has 6 rings (SSSR count). The molecule has 6 aromatic carbocycles. The number of aromatic carboxylic acids is 2. The Balaban J connectivity index is 1.11. The maximum atomic E-state index is 13.0. The number of carboxylic acid groups (broad SMARTS) is 2. The predicted octanol–water partition coefficient (Wildman–Crippen LogP) is 12.2. The largest absolute Gasteiger partial charge is 0.478 e. The number of carbonyl (C=O) groups is 6. The van der Waals surface area contributed by atoms with Crippen molar-refractivity contribution in [3.63, 3.8) is 0 Å². The lowest BCUT2D eigenvalue weighted by Crippen LogP contribution is -2.11. The van der Waals surface area contributed by atoms with Gasteiger partial charge in [0.25, 0.3) is 20.2 Å². The van der Waals surface area contributed by atoms with Crippen LogP contribution in [-0.2, 0) is 52.1 Å². The maximum absolute atomic E-state index is 13.0. The number of aryl methyl sites for hydroxylation is 2. The highest BCUT2D eigenvalue weighted by Gasteiger charge is 2.25. The molecule has 6 aromatic rings. The molecule has 426 valence electrons. The summed E-state index contributed by atoms with van der Waals surface area (Å²) in [5.41, 5.74) is -0.211. The number of unbranched alkanes of at least 4 members (excludes halogenated alkanes) is 6. The van der Waals surface area contributed by atoms with E-state index in [9.17, 15) is 64.9 Å². The van der Waals surface area contributed by atoms with Crippen LogP contribution in [0.5, 0.6) is 11.5 Å². The average molecular weight is 1160 g/mol. The summed E-state index contributed by atoms with van der Waals surface area (Å²) in [6.07, 6.45) is 10.3. The number of hydrogen-bond acceptors (Lipinski definition) is 18. The monoisotopic (exact) mass is 1160 g/mol. The SMILES string of the molecule is C=CC(=O)OCCCCCCc1ccc(C(=O)Oc2ccc(N=Nc3ccc(-c4ccc(N=Nc5ccc(OC(=O)c6ccc(CCCCCCOC(=O)C=C)cc6)c(C(=O)O)c5)cc4S(=O)(=O)O)c(S(=O)(=O)O)c3)cc2C(=O)O)cc1. The van der Waals surface area contributed by atoms with E-state index >= 15 is 0 Å². The van der Waals surface area contributed by atoms with Crippen LogP contribution >= 0.6 is 0 Å². The van der Waals surface area contributed by atoms with E-state index in [0.29, 0.717) is 13.2 Å². The Labute approximate surface area is 471 Å². The fourth-order valence-electron chi connectivity index (χ4n) is 7.89. The maximum Gasteiger partial charge on any atom is 0.343 e. The van der Waals surface area contributed by atoms with E-state index in [-0.39, 0.29) is 45.4 Å². The molecule has 0 bridgehead atoms. The second kappa shape index (κ2) is 29.2. The van der Waals surface area contributed by atoms with Crippen LogP contribution in [-0.4, -0.2) is 85.2 Å². The molecule has 0 atom stereocenters. The lowest BCUT2D eigenvalue weighted by atomic mass is 10.0. The predicted molar refractivity (Wildman–Crippen MR) is 296 cm³/mol. The molecule has 0 aliphatic carbocycles. The Hall–Kier alpha value is -9.36. The van der Waals surface area contributed by atoms with E-state index in [4.69, 9.17) is 18.9 Å². The molecule has 0 radical (unpaired) electrons. The fraction of sp³-hybridized carbons (Fsp3) is 0.207. The van der Waals surface area contributed by atoms with Crippen LogP contribution in [0, 0.1) is 0 Å². The third-order valence-corrected chi connectivity index (χ3v) is 13.8. The quantitative estimate of drug-likeness (QED) is 0.00846. The van der Waals surface area contributed by atoms with Gasteiger partial charge in [0.1, 0.15) is 32.4 Å². The minimum absolute atomic E-state index is 0.0883. The molecular formula is C58H54N4O18S2. The topological polar surface area (TPSA) is 338 Å². The zero-order chi connectivity index (χ0) is 59.4. The van der Waals surface area contributed by atoms with E-state index in [2.05, 4.69) is 33.6 Å². The summed E-state index contributed by atoms with van der Waals surface area (Å²) in [7, 11) is -10.4. The van der Waals surface area contributed by atoms with Gasteiger partial charge in [-0.1, -0.05) is 75.2 Å². The molecule has 0 unspecified atom stereocenters. The molecule has 0 saturated heterocycles. The number of carboxylic acids is 2. The summed E-state index contributed by atoms with van der Waals surface area (Å²) >= 11 is 0. The molecule has 0 aromatic heterocycles. The molecule has 0 spiro atoms. The summed E-state index contributed by atoms with van der Waals surface area (Å²) in [5, 5.41) is 35.8. The number of azo groups is 2. The molecular weight excluding hydrogens is 1100 g/mol. The first-order chi connectivity index (χ1) is 39.1. The van der Waals surface area contributed by atoms with Gasteiger partial charge in [0.15, 0.2) is 0 Å². The van der Waals surface area contributed by atoms with Crippen molar-refractivity contribution >= 4 is 78.8 Å². The minimum atomic E-state index is -5.18. The Kier molecular flexibility index (Phi) is 22.0. The summed E-state index contributed by atoms with van der Waals surface area (Å²) in [5.74, 6) is -6.22. The van der Waals surface area contributed by atoms with Gasteiger partial charge in [-0.3, -0.25) is 9.11 Å². The van der Waals surface area contributed by atoms with Crippen LogP contribution in [0.15, 0.2) is 177 Å². The van der Waals surface area contributed by atoms with Crippen LogP contribution in [0.1, 0.15) is 104 Å². The highest BCUT2D eigenvalue weighted by atomic mass is 32.2. The number of nitrogens with zero attached hydrogens (tertiary/aromatic N) is 4. The third-order valence-electron chi connectivity index (χ3n) is 12.1. The van der Waals surface area contributed by atoms with Gasteiger partial charge in [0.05, 0.1) is 47.1 Å². The Morgan fingerprint density at radius 2 is 0.768 bits per heavy atom. The second-order valence-corrected chi connectivity index (χ2v) is 20.7. The van der Waals surface area contributed by atoms with E-state index in [1.54, 1.807) is 48.5 Å². The van der Waals surface area contributed by atoms with E-state index in [0.717, 1.165) is 124 Å². The zero-order valence-electron chi connectivity index (χ0n) is 43.7. The van der Waals surface area contributed by atoms with Gasteiger partial charge in [-0.15, -0.1) is 0 Å². The number of benzene rings is 6. The Morgan fingerprint density at radius 3 is 1.10 bits per heavy atom. The van der Waals surface area contributed by atoms with Crippen molar-refractivity contribution in [1.82, 2.24) is 0 Å². The first-order valence-corrected chi connectivity index (χ1v) is 28.0. The highest BCUT2D eigenvalue weighted by Crippen LogP contribution is 2.38. The number of carbonyl (C=O) groups excluding carboxylic acids is 4. The highest BCUT2D eigenvalue weighted by molar-refractivity contribution is 7.86. The summed E-state index contributed by atoms with van der Waals surface area (Å²) in [4.78, 5) is 71.1. The van der Waals surface area contributed by atoms with Crippen LogP contribution < -0.4 is 9.47 Å². The molecule has 0 fully saturated rings. The molecule has 24 heteroatoms. The third kappa shape index (κ3) is 18.3. The van der Waals surface area contributed by atoms with Crippen molar-refractivity contribution in [1.29, 1.82) is 0 Å². The molecule has 0 heterocycles. The lowest BCUT2D eigenvalue weighted by molar-refractivity contribution is -0.138. The average Bonchev–Trinajstić information content (AvgIpc) is 3.06. The van der Waals surface area contributed by atoms with Crippen molar-refractivity contribution in [2.24, 2.45) is 20.5 Å². The van der Waals surface area contributed by atoms with E-state index in [1.807, 2.05) is 0 Å². The molecule has 0 saturated carbocycles. The molecule has 4 N–H and O–H groups in total. The molecule has 82 heavy (non-hydrogen) atoms. The summed E-state index contributed by atoms with van der Waals surface area (Å²) in [6.45, 7) is 7.33. The first kappa shape index (κ1) is 61.8. The van der Waals surface area contributed by atoms with Gasteiger partial charge < -0.3 is 29.2 Å². The van der Waals surface area contributed by atoms with Gasteiger partial charge in [0.2, 0.25) is 0 Å². The van der Waals surface area contributed by atoms with E-state index in [1.165, 1.54) is 36.4 Å². The molecule has 0 aliphatic rings. The minimum Gasteiger partial charge on any atom is -0.478 e.